The van der Waals surface area contributed by atoms with E-state index in [-0.39, 0.29) is 24.9 Å². The molecular formula is C58H105NO5. The van der Waals surface area contributed by atoms with Gasteiger partial charge in [-0.3, -0.25) is 9.59 Å². The number of hydrogen-bond donors (Lipinski definition) is 3. The molecule has 3 N–H and O–H groups in total. The molecule has 0 bridgehead atoms. The second kappa shape index (κ2) is 51.5. The minimum absolute atomic E-state index is 0.000992. The number of unbranched alkanes of at least 4 members (excludes halogenated alkanes) is 28. The van der Waals surface area contributed by atoms with E-state index in [2.05, 4.69) is 80.8 Å². The fraction of sp³-hybridized carbons (Fsp3) is 0.793. The summed E-state index contributed by atoms with van der Waals surface area (Å²) in [5.41, 5.74) is 0. The Morgan fingerprint density at radius 2 is 0.812 bits per heavy atom. The van der Waals surface area contributed by atoms with E-state index in [1.165, 1.54) is 154 Å². The van der Waals surface area contributed by atoms with Gasteiger partial charge in [-0.2, -0.15) is 0 Å². The van der Waals surface area contributed by atoms with Gasteiger partial charge in [-0.1, -0.05) is 268 Å². The first-order valence-corrected chi connectivity index (χ1v) is 27.5. The molecule has 3 unspecified atom stereocenters. The van der Waals surface area contributed by atoms with Crippen LogP contribution in [0, 0.1) is 0 Å². The first kappa shape index (κ1) is 61.6. The van der Waals surface area contributed by atoms with Gasteiger partial charge in [0, 0.05) is 12.8 Å². The molecule has 3 atom stereocenters. The highest BCUT2D eigenvalue weighted by atomic mass is 16.5. The molecule has 0 saturated heterocycles. The third-order valence-corrected chi connectivity index (χ3v) is 12.4. The molecule has 0 aromatic rings. The van der Waals surface area contributed by atoms with Crippen molar-refractivity contribution in [3.8, 4) is 0 Å². The van der Waals surface area contributed by atoms with Crippen LogP contribution in [0.2, 0.25) is 0 Å². The number of rotatable bonds is 49. The lowest BCUT2D eigenvalue weighted by Gasteiger charge is -2.24. The van der Waals surface area contributed by atoms with Crippen LogP contribution in [-0.2, 0) is 14.3 Å². The Hall–Kier alpha value is -2.44. The summed E-state index contributed by atoms with van der Waals surface area (Å²) in [6.45, 7) is 6.36. The lowest BCUT2D eigenvalue weighted by molar-refractivity contribution is -0.150. The average Bonchev–Trinajstić information content (AvgIpc) is 3.29. The fourth-order valence-corrected chi connectivity index (χ4v) is 8.22. The second-order valence-electron chi connectivity index (χ2n) is 18.6. The van der Waals surface area contributed by atoms with Gasteiger partial charge >= 0.3 is 5.97 Å². The molecule has 0 rings (SSSR count). The average molecular weight is 896 g/mol. The van der Waals surface area contributed by atoms with Crippen molar-refractivity contribution in [3.05, 3.63) is 60.8 Å². The molecule has 0 radical (unpaired) electrons. The van der Waals surface area contributed by atoms with Crippen molar-refractivity contribution in [2.75, 3.05) is 6.61 Å². The predicted octanol–water partition coefficient (Wildman–Crippen LogP) is 16.8. The molecule has 0 saturated carbocycles. The summed E-state index contributed by atoms with van der Waals surface area (Å²) in [6.07, 6.45) is 64.5. The molecule has 6 heteroatoms. The SMILES string of the molecule is CC/C=C\C/C=C\C/C=C\C/C=C\C/C=C\CC(CC(=O)NC(CO)C(O)CCCCCCCCCCCCCC)OC(=O)CCCCCCCCCCCCCCCCCCCC. The molecule has 0 aromatic heterocycles. The summed E-state index contributed by atoms with van der Waals surface area (Å²) in [4.78, 5) is 26.2. The highest BCUT2D eigenvalue weighted by Gasteiger charge is 2.23. The zero-order valence-corrected chi connectivity index (χ0v) is 42.4. The molecular weight excluding hydrogens is 791 g/mol. The van der Waals surface area contributed by atoms with E-state index < -0.39 is 18.2 Å². The van der Waals surface area contributed by atoms with E-state index in [1.54, 1.807) is 0 Å². The zero-order valence-electron chi connectivity index (χ0n) is 42.4. The number of amides is 1. The third kappa shape index (κ3) is 46.1. The fourth-order valence-electron chi connectivity index (χ4n) is 8.22. The Balaban J connectivity index is 4.64. The Bertz CT molecular complexity index is 1140. The minimum Gasteiger partial charge on any atom is -0.461 e. The van der Waals surface area contributed by atoms with Crippen LogP contribution in [0.1, 0.15) is 271 Å². The van der Waals surface area contributed by atoms with Gasteiger partial charge in [-0.25, -0.2) is 0 Å². The molecule has 0 spiro atoms. The lowest BCUT2D eigenvalue weighted by atomic mass is 10.0. The second-order valence-corrected chi connectivity index (χ2v) is 18.6. The molecule has 6 nitrogen and oxygen atoms in total. The topological polar surface area (TPSA) is 95.9 Å². The number of ether oxygens (including phenoxy) is 1. The number of hydrogen-bond acceptors (Lipinski definition) is 5. The maximum Gasteiger partial charge on any atom is 0.306 e. The first-order valence-electron chi connectivity index (χ1n) is 27.5. The van der Waals surface area contributed by atoms with Crippen LogP contribution in [0.15, 0.2) is 60.8 Å². The molecule has 0 aliphatic heterocycles. The van der Waals surface area contributed by atoms with Crippen LogP contribution in [0.5, 0.6) is 0 Å². The number of allylic oxidation sites excluding steroid dienone is 9. The Labute approximate surface area is 397 Å². The standard InChI is InChI=1S/C58H105NO5/c1-4-7-10-13-16-19-22-25-27-28-29-31-33-36-39-42-45-48-51-58(63)64-54(49-46-43-40-37-34-32-30-26-23-20-17-14-11-8-5-2)52-57(62)59-55(53-60)56(61)50-47-44-41-38-35-24-21-18-15-12-9-6-3/h8,11,17,20,26,30,34,37,43,46,54-56,60-61H,4-7,9-10,12-16,18-19,21-25,27-29,31-33,35-36,38-42,44-45,47-53H2,1-3H3,(H,59,62)/b11-8-,20-17-,30-26-,37-34-,46-43-. The van der Waals surface area contributed by atoms with Crippen LogP contribution in [-0.4, -0.2) is 46.9 Å². The van der Waals surface area contributed by atoms with Crippen molar-refractivity contribution in [1.29, 1.82) is 0 Å². The van der Waals surface area contributed by atoms with Gasteiger partial charge in [-0.15, -0.1) is 0 Å². The van der Waals surface area contributed by atoms with Crippen LogP contribution in [0.25, 0.3) is 0 Å². The van der Waals surface area contributed by atoms with Crippen molar-refractivity contribution in [2.45, 2.75) is 289 Å². The van der Waals surface area contributed by atoms with E-state index in [0.29, 0.717) is 19.3 Å². The molecule has 0 aliphatic carbocycles. The number of esters is 1. The van der Waals surface area contributed by atoms with Gasteiger partial charge in [0.2, 0.25) is 5.91 Å². The molecule has 0 heterocycles. The molecule has 0 fully saturated rings. The van der Waals surface area contributed by atoms with Gasteiger partial charge in [0.15, 0.2) is 0 Å². The molecule has 64 heavy (non-hydrogen) atoms. The van der Waals surface area contributed by atoms with Crippen LogP contribution in [0.3, 0.4) is 0 Å². The Morgan fingerprint density at radius 1 is 0.469 bits per heavy atom. The van der Waals surface area contributed by atoms with Crippen molar-refractivity contribution in [1.82, 2.24) is 5.32 Å². The van der Waals surface area contributed by atoms with Crippen molar-refractivity contribution in [2.24, 2.45) is 0 Å². The Morgan fingerprint density at radius 3 is 1.19 bits per heavy atom. The van der Waals surface area contributed by atoms with Gasteiger partial charge in [0.05, 0.1) is 25.2 Å². The summed E-state index contributed by atoms with van der Waals surface area (Å²) in [5.74, 6) is -0.571. The summed E-state index contributed by atoms with van der Waals surface area (Å²) >= 11 is 0. The Kier molecular flexibility index (Phi) is 49.6. The smallest absolute Gasteiger partial charge is 0.306 e. The van der Waals surface area contributed by atoms with E-state index in [9.17, 15) is 19.8 Å². The van der Waals surface area contributed by atoms with E-state index in [0.717, 1.165) is 70.6 Å². The van der Waals surface area contributed by atoms with Gasteiger partial charge < -0.3 is 20.3 Å². The van der Waals surface area contributed by atoms with Crippen molar-refractivity contribution >= 4 is 11.9 Å². The summed E-state index contributed by atoms with van der Waals surface area (Å²) in [6, 6.07) is -0.732. The van der Waals surface area contributed by atoms with Gasteiger partial charge in [0.25, 0.3) is 0 Å². The number of aliphatic hydroxyl groups is 2. The molecule has 372 valence electrons. The number of carbonyl (C=O) groups excluding carboxylic acids is 2. The summed E-state index contributed by atoms with van der Waals surface area (Å²) < 4.78 is 5.89. The van der Waals surface area contributed by atoms with E-state index in [4.69, 9.17) is 4.74 Å². The van der Waals surface area contributed by atoms with Gasteiger partial charge in [-0.05, 0) is 44.9 Å². The summed E-state index contributed by atoms with van der Waals surface area (Å²) in [5, 5.41) is 23.7. The predicted molar refractivity (Wildman–Crippen MR) is 278 cm³/mol. The number of aliphatic hydroxyl groups excluding tert-OH is 2. The monoisotopic (exact) mass is 896 g/mol. The van der Waals surface area contributed by atoms with Crippen molar-refractivity contribution in [3.63, 3.8) is 0 Å². The van der Waals surface area contributed by atoms with Crippen molar-refractivity contribution < 1.29 is 24.5 Å². The highest BCUT2D eigenvalue weighted by molar-refractivity contribution is 5.77. The molecule has 1 amide bonds. The molecule has 0 aromatic carbocycles. The molecule has 0 aliphatic rings. The third-order valence-electron chi connectivity index (χ3n) is 12.4. The van der Waals surface area contributed by atoms with Crippen LogP contribution < -0.4 is 5.32 Å². The van der Waals surface area contributed by atoms with E-state index >= 15 is 0 Å². The minimum atomic E-state index is -0.812. The van der Waals surface area contributed by atoms with Crippen LogP contribution >= 0.6 is 0 Å². The normalized spacial score (nSPS) is 13.6. The number of carbonyl (C=O) groups is 2. The number of nitrogens with one attached hydrogen (secondary N) is 1. The highest BCUT2D eigenvalue weighted by Crippen LogP contribution is 2.17. The maximum absolute atomic E-state index is 13.2. The van der Waals surface area contributed by atoms with Gasteiger partial charge in [0.1, 0.15) is 6.10 Å². The van der Waals surface area contributed by atoms with E-state index in [1.807, 2.05) is 6.08 Å². The van der Waals surface area contributed by atoms with Crippen LogP contribution in [0.4, 0.5) is 0 Å². The summed E-state index contributed by atoms with van der Waals surface area (Å²) in [7, 11) is 0. The quantitative estimate of drug-likeness (QED) is 0.0321. The lowest BCUT2D eigenvalue weighted by Crippen LogP contribution is -2.46. The maximum atomic E-state index is 13.2. The first-order chi connectivity index (χ1) is 31.5. The largest absolute Gasteiger partial charge is 0.461 e. The zero-order chi connectivity index (χ0) is 46.7.